The van der Waals surface area contributed by atoms with Gasteiger partial charge in [0.2, 0.25) is 0 Å². The maximum Gasteiger partial charge on any atom is 0.0687 e. The van der Waals surface area contributed by atoms with E-state index in [-0.39, 0.29) is 0 Å². The summed E-state index contributed by atoms with van der Waals surface area (Å²) in [6, 6.07) is 35.5. The Balaban J connectivity index is 1.82. The fourth-order valence-corrected chi connectivity index (χ4v) is 3.14. The van der Waals surface area contributed by atoms with E-state index in [2.05, 4.69) is 83.8 Å². The van der Waals surface area contributed by atoms with Crippen molar-refractivity contribution >= 4 is 17.1 Å². The Labute approximate surface area is 154 Å². The minimum absolute atomic E-state index is 0.799. The number of pyridine rings is 1. The molecule has 0 aliphatic rings. The average molecular weight is 336 g/mol. The van der Waals surface area contributed by atoms with Crippen molar-refractivity contribution < 1.29 is 0 Å². The molecule has 3 aromatic carbocycles. The molecule has 2 nitrogen and oxygen atoms in total. The van der Waals surface area contributed by atoms with Crippen LogP contribution < -0.4 is 4.90 Å². The molecular formula is C24H20N2. The van der Waals surface area contributed by atoms with Gasteiger partial charge in [0.05, 0.1) is 11.4 Å². The number of benzene rings is 3. The summed E-state index contributed by atoms with van der Waals surface area (Å²) >= 11 is 0. The van der Waals surface area contributed by atoms with Gasteiger partial charge in [-0.2, -0.15) is 0 Å². The molecule has 0 spiro atoms. The molecule has 0 bridgehead atoms. The first-order valence-electron chi connectivity index (χ1n) is 8.80. The second kappa shape index (κ2) is 7.66. The predicted molar refractivity (Wildman–Crippen MR) is 108 cm³/mol. The van der Waals surface area contributed by atoms with Gasteiger partial charge in [0.1, 0.15) is 0 Å². The molecule has 0 radical (unpaired) electrons. The largest absolute Gasteiger partial charge is 0.309 e. The monoisotopic (exact) mass is 336 g/mol. The van der Waals surface area contributed by atoms with Crippen LogP contribution >= 0.6 is 0 Å². The Morgan fingerprint density at radius 1 is 0.577 bits per heavy atom. The van der Waals surface area contributed by atoms with Crippen LogP contribution in [0.1, 0.15) is 11.3 Å². The van der Waals surface area contributed by atoms with Gasteiger partial charge in [-0.3, -0.25) is 4.98 Å². The van der Waals surface area contributed by atoms with E-state index in [0.717, 1.165) is 29.2 Å². The molecule has 4 aromatic rings. The van der Waals surface area contributed by atoms with E-state index >= 15 is 0 Å². The minimum atomic E-state index is 0.799. The smallest absolute Gasteiger partial charge is 0.0687 e. The molecule has 0 atom stereocenters. The third-order valence-electron chi connectivity index (χ3n) is 4.35. The summed E-state index contributed by atoms with van der Waals surface area (Å²) < 4.78 is 0. The Morgan fingerprint density at radius 3 is 1.69 bits per heavy atom. The van der Waals surface area contributed by atoms with E-state index in [1.807, 2.05) is 30.5 Å². The molecule has 26 heavy (non-hydrogen) atoms. The van der Waals surface area contributed by atoms with Gasteiger partial charge in [-0.25, -0.2) is 0 Å². The van der Waals surface area contributed by atoms with Crippen LogP contribution in [0, 0.1) is 0 Å². The van der Waals surface area contributed by atoms with Crippen LogP contribution in [-0.2, 0) is 6.42 Å². The van der Waals surface area contributed by atoms with Crippen molar-refractivity contribution in [3.05, 3.63) is 121 Å². The van der Waals surface area contributed by atoms with Crippen LogP contribution in [0.5, 0.6) is 0 Å². The van der Waals surface area contributed by atoms with Gasteiger partial charge in [0.25, 0.3) is 0 Å². The summed E-state index contributed by atoms with van der Waals surface area (Å²) in [5.74, 6) is 0. The van der Waals surface area contributed by atoms with Crippen LogP contribution in [0.25, 0.3) is 0 Å². The molecule has 1 aromatic heterocycles. The van der Waals surface area contributed by atoms with Gasteiger partial charge in [-0.05, 0) is 42.0 Å². The summed E-state index contributed by atoms with van der Waals surface area (Å²) in [6.45, 7) is 0. The summed E-state index contributed by atoms with van der Waals surface area (Å²) in [7, 11) is 0. The summed E-state index contributed by atoms with van der Waals surface area (Å²) in [5, 5.41) is 0. The molecule has 0 aliphatic carbocycles. The van der Waals surface area contributed by atoms with E-state index in [1.165, 1.54) is 5.56 Å². The van der Waals surface area contributed by atoms with Crippen molar-refractivity contribution in [2.24, 2.45) is 0 Å². The fraction of sp³-hybridized carbons (Fsp3) is 0.0417. The third kappa shape index (κ3) is 3.50. The van der Waals surface area contributed by atoms with E-state index in [0.29, 0.717) is 0 Å². The summed E-state index contributed by atoms with van der Waals surface area (Å²) in [6.07, 6.45) is 2.67. The number of nitrogens with zero attached hydrogens (tertiary/aromatic N) is 2. The third-order valence-corrected chi connectivity index (χ3v) is 4.35. The van der Waals surface area contributed by atoms with Crippen molar-refractivity contribution in [1.29, 1.82) is 0 Å². The maximum absolute atomic E-state index is 4.70. The molecule has 0 unspecified atom stereocenters. The Morgan fingerprint density at radius 2 is 1.12 bits per heavy atom. The molecule has 0 fully saturated rings. The highest BCUT2D eigenvalue weighted by atomic mass is 15.1. The zero-order chi connectivity index (χ0) is 17.6. The highest BCUT2D eigenvalue weighted by Crippen LogP contribution is 2.36. The topological polar surface area (TPSA) is 16.1 Å². The highest BCUT2D eigenvalue weighted by Gasteiger charge is 2.16. The molecule has 0 saturated heterocycles. The Kier molecular flexibility index (Phi) is 4.74. The first-order valence-corrected chi connectivity index (χ1v) is 8.80. The van der Waals surface area contributed by atoms with Crippen molar-refractivity contribution in [2.45, 2.75) is 6.42 Å². The molecule has 0 amide bonds. The summed E-state index contributed by atoms with van der Waals surface area (Å²) in [4.78, 5) is 6.97. The minimum Gasteiger partial charge on any atom is -0.309 e. The van der Waals surface area contributed by atoms with Gasteiger partial charge in [0, 0.05) is 24.0 Å². The lowest BCUT2D eigenvalue weighted by Gasteiger charge is -2.27. The SMILES string of the molecule is c1ccc(Cc2ncccc2N(c2ccccc2)c2ccccc2)cc1. The second-order valence-electron chi connectivity index (χ2n) is 6.14. The molecule has 0 aliphatic heterocycles. The van der Waals surface area contributed by atoms with Crippen molar-refractivity contribution in [3.63, 3.8) is 0 Å². The molecular weight excluding hydrogens is 316 g/mol. The van der Waals surface area contributed by atoms with E-state index in [4.69, 9.17) is 4.98 Å². The molecule has 2 heteroatoms. The maximum atomic E-state index is 4.70. The van der Waals surface area contributed by atoms with Crippen LogP contribution in [0.4, 0.5) is 17.1 Å². The highest BCUT2D eigenvalue weighted by molar-refractivity contribution is 5.77. The first kappa shape index (κ1) is 16.1. The first-order chi connectivity index (χ1) is 12.9. The quantitative estimate of drug-likeness (QED) is 0.435. The van der Waals surface area contributed by atoms with Crippen LogP contribution in [0.2, 0.25) is 0 Å². The molecule has 1 heterocycles. The van der Waals surface area contributed by atoms with E-state index in [9.17, 15) is 0 Å². The van der Waals surface area contributed by atoms with Gasteiger partial charge >= 0.3 is 0 Å². The van der Waals surface area contributed by atoms with Gasteiger partial charge in [-0.1, -0.05) is 66.7 Å². The molecule has 0 N–H and O–H groups in total. The van der Waals surface area contributed by atoms with E-state index < -0.39 is 0 Å². The standard InChI is InChI=1S/C24H20N2/c1-4-11-20(12-5-1)19-23-24(17-10-18-25-23)26(21-13-6-2-7-14-21)22-15-8-3-9-16-22/h1-18H,19H2. The fourth-order valence-electron chi connectivity index (χ4n) is 3.14. The van der Waals surface area contributed by atoms with Crippen molar-refractivity contribution in [1.82, 2.24) is 4.98 Å². The average Bonchev–Trinajstić information content (AvgIpc) is 2.72. The lowest BCUT2D eigenvalue weighted by atomic mass is 10.1. The predicted octanol–water partition coefficient (Wildman–Crippen LogP) is 6.14. The summed E-state index contributed by atoms with van der Waals surface area (Å²) in [5.41, 5.74) is 5.68. The van der Waals surface area contributed by atoms with E-state index in [1.54, 1.807) is 0 Å². The van der Waals surface area contributed by atoms with Gasteiger partial charge in [0.15, 0.2) is 0 Å². The van der Waals surface area contributed by atoms with Crippen molar-refractivity contribution in [3.8, 4) is 0 Å². The number of aromatic nitrogens is 1. The molecule has 126 valence electrons. The van der Waals surface area contributed by atoms with Crippen LogP contribution in [0.3, 0.4) is 0 Å². The normalized spacial score (nSPS) is 10.5. The van der Waals surface area contributed by atoms with Gasteiger partial charge in [-0.15, -0.1) is 0 Å². The Bertz CT molecular complexity index is 911. The number of rotatable bonds is 5. The Hall–Kier alpha value is -3.39. The van der Waals surface area contributed by atoms with Crippen LogP contribution in [0.15, 0.2) is 109 Å². The lowest BCUT2D eigenvalue weighted by molar-refractivity contribution is 1.05. The number of anilines is 3. The van der Waals surface area contributed by atoms with Gasteiger partial charge < -0.3 is 4.90 Å². The number of hydrogen-bond donors (Lipinski definition) is 0. The second-order valence-corrected chi connectivity index (χ2v) is 6.14. The number of hydrogen-bond acceptors (Lipinski definition) is 2. The van der Waals surface area contributed by atoms with Crippen molar-refractivity contribution in [2.75, 3.05) is 4.90 Å². The molecule has 0 saturated carbocycles. The lowest BCUT2D eigenvalue weighted by Crippen LogP contribution is -2.13. The van der Waals surface area contributed by atoms with Crippen LogP contribution in [-0.4, -0.2) is 4.98 Å². The number of para-hydroxylation sites is 2. The molecule has 4 rings (SSSR count). The zero-order valence-electron chi connectivity index (χ0n) is 14.5. The zero-order valence-corrected chi connectivity index (χ0v) is 14.5.